The van der Waals surface area contributed by atoms with Gasteiger partial charge in [0.05, 0.1) is 0 Å². The third-order valence-corrected chi connectivity index (χ3v) is 2.67. The molecule has 0 aliphatic carbocycles. The zero-order valence-corrected chi connectivity index (χ0v) is 11.5. The number of hydrogen-bond acceptors (Lipinski definition) is 4. The average molecular weight is 236 g/mol. The fourth-order valence-corrected chi connectivity index (χ4v) is 1.62. The van der Waals surface area contributed by atoms with E-state index in [4.69, 9.17) is 0 Å². The van der Waals surface area contributed by atoms with Crippen molar-refractivity contribution in [1.29, 1.82) is 0 Å². The number of hydrogen-bond donors (Lipinski definition) is 1. The smallest absolute Gasteiger partial charge is 0.134 e. The van der Waals surface area contributed by atoms with Gasteiger partial charge in [-0.15, -0.1) is 0 Å². The predicted molar refractivity (Wildman–Crippen MR) is 73.8 cm³/mol. The Morgan fingerprint density at radius 2 is 2.00 bits per heavy atom. The summed E-state index contributed by atoms with van der Waals surface area (Å²) in [5.41, 5.74) is 0. The molecular weight excluding hydrogens is 212 g/mol. The molecule has 0 atom stereocenters. The molecule has 0 fully saturated rings. The SMILES string of the molecule is CCCCN(C)c1cc(NCC)nc(CC)n1. The molecule has 1 N–H and O–H groups in total. The van der Waals surface area contributed by atoms with E-state index in [1.165, 1.54) is 12.8 Å². The van der Waals surface area contributed by atoms with Crippen LogP contribution in [0.25, 0.3) is 0 Å². The van der Waals surface area contributed by atoms with Gasteiger partial charge in [0.1, 0.15) is 17.5 Å². The summed E-state index contributed by atoms with van der Waals surface area (Å²) in [5.74, 6) is 2.85. The second kappa shape index (κ2) is 7.09. The summed E-state index contributed by atoms with van der Waals surface area (Å²) < 4.78 is 0. The zero-order valence-electron chi connectivity index (χ0n) is 11.5. The first-order valence-electron chi connectivity index (χ1n) is 6.54. The van der Waals surface area contributed by atoms with E-state index in [9.17, 15) is 0 Å². The molecule has 1 aromatic heterocycles. The van der Waals surface area contributed by atoms with E-state index in [0.717, 1.165) is 37.0 Å². The quantitative estimate of drug-likeness (QED) is 0.790. The van der Waals surface area contributed by atoms with Crippen LogP contribution in [0.15, 0.2) is 6.07 Å². The molecule has 0 bridgehead atoms. The highest BCUT2D eigenvalue weighted by Gasteiger charge is 2.06. The van der Waals surface area contributed by atoms with Crippen LogP contribution in [-0.2, 0) is 6.42 Å². The van der Waals surface area contributed by atoms with E-state index in [1.54, 1.807) is 0 Å². The fraction of sp³-hybridized carbons (Fsp3) is 0.692. The molecular formula is C13H24N4. The first kappa shape index (κ1) is 13.7. The molecule has 4 nitrogen and oxygen atoms in total. The Kier molecular flexibility index (Phi) is 5.73. The Hall–Kier alpha value is -1.32. The van der Waals surface area contributed by atoms with Gasteiger partial charge in [0, 0.05) is 32.6 Å². The molecule has 0 aliphatic heterocycles. The Morgan fingerprint density at radius 3 is 2.59 bits per heavy atom. The predicted octanol–water partition coefficient (Wildman–Crippen LogP) is 2.71. The van der Waals surface area contributed by atoms with Gasteiger partial charge in [0.2, 0.25) is 0 Å². The molecule has 0 radical (unpaired) electrons. The van der Waals surface area contributed by atoms with E-state index in [0.29, 0.717) is 0 Å². The summed E-state index contributed by atoms with van der Waals surface area (Å²) in [7, 11) is 2.09. The minimum Gasteiger partial charge on any atom is -0.370 e. The standard InChI is InChI=1S/C13H24N4/c1-5-8-9-17(4)13-10-12(14-7-3)15-11(6-2)16-13/h10H,5-9H2,1-4H3,(H,14,15,16). The average Bonchev–Trinajstić information content (AvgIpc) is 2.35. The zero-order chi connectivity index (χ0) is 12.7. The Balaban J connectivity index is 2.85. The van der Waals surface area contributed by atoms with Gasteiger partial charge in [-0.25, -0.2) is 9.97 Å². The van der Waals surface area contributed by atoms with Crippen molar-refractivity contribution >= 4 is 11.6 Å². The minimum atomic E-state index is 0.869. The molecule has 0 spiro atoms. The Labute approximate surface area is 104 Å². The number of rotatable bonds is 7. The Bertz CT molecular complexity index is 338. The summed E-state index contributed by atoms with van der Waals surface area (Å²) >= 11 is 0. The highest BCUT2D eigenvalue weighted by Crippen LogP contribution is 2.15. The lowest BCUT2D eigenvalue weighted by Crippen LogP contribution is -2.20. The van der Waals surface area contributed by atoms with Gasteiger partial charge in [-0.1, -0.05) is 20.3 Å². The van der Waals surface area contributed by atoms with Crippen LogP contribution >= 0.6 is 0 Å². The van der Waals surface area contributed by atoms with Crippen LogP contribution in [0.4, 0.5) is 11.6 Å². The van der Waals surface area contributed by atoms with Gasteiger partial charge in [0.25, 0.3) is 0 Å². The number of anilines is 2. The first-order chi connectivity index (χ1) is 8.21. The highest BCUT2D eigenvalue weighted by molar-refractivity contribution is 5.48. The lowest BCUT2D eigenvalue weighted by atomic mass is 10.3. The number of aromatic nitrogens is 2. The van der Waals surface area contributed by atoms with Gasteiger partial charge in [0.15, 0.2) is 0 Å². The van der Waals surface area contributed by atoms with Crippen molar-refractivity contribution in [3.05, 3.63) is 11.9 Å². The van der Waals surface area contributed by atoms with E-state index in [-0.39, 0.29) is 0 Å². The van der Waals surface area contributed by atoms with Crippen molar-refractivity contribution in [1.82, 2.24) is 9.97 Å². The Morgan fingerprint density at radius 1 is 1.24 bits per heavy atom. The minimum absolute atomic E-state index is 0.869. The van der Waals surface area contributed by atoms with Crippen molar-refractivity contribution in [2.45, 2.75) is 40.0 Å². The summed E-state index contributed by atoms with van der Waals surface area (Å²) in [6.07, 6.45) is 3.27. The first-order valence-corrected chi connectivity index (χ1v) is 6.54. The molecule has 17 heavy (non-hydrogen) atoms. The summed E-state index contributed by atoms with van der Waals surface area (Å²) in [5, 5.41) is 3.26. The maximum absolute atomic E-state index is 4.56. The number of nitrogens with zero attached hydrogens (tertiary/aromatic N) is 3. The van der Waals surface area contributed by atoms with Crippen LogP contribution in [0.1, 0.15) is 39.4 Å². The van der Waals surface area contributed by atoms with Crippen LogP contribution < -0.4 is 10.2 Å². The second-order valence-corrected chi connectivity index (χ2v) is 4.19. The van der Waals surface area contributed by atoms with E-state index >= 15 is 0 Å². The van der Waals surface area contributed by atoms with Gasteiger partial charge in [-0.3, -0.25) is 0 Å². The maximum atomic E-state index is 4.56. The van der Waals surface area contributed by atoms with Crippen molar-refractivity contribution in [3.8, 4) is 0 Å². The van der Waals surface area contributed by atoms with Gasteiger partial charge < -0.3 is 10.2 Å². The van der Waals surface area contributed by atoms with Crippen molar-refractivity contribution < 1.29 is 0 Å². The van der Waals surface area contributed by atoms with E-state index < -0.39 is 0 Å². The molecule has 1 aromatic rings. The second-order valence-electron chi connectivity index (χ2n) is 4.19. The molecule has 1 rings (SSSR count). The van der Waals surface area contributed by atoms with Gasteiger partial charge in [-0.05, 0) is 13.3 Å². The number of unbranched alkanes of at least 4 members (excludes halogenated alkanes) is 1. The third kappa shape index (κ3) is 4.21. The van der Waals surface area contributed by atoms with Crippen LogP contribution in [0, 0.1) is 0 Å². The monoisotopic (exact) mass is 236 g/mol. The molecule has 96 valence electrons. The summed E-state index contributed by atoms with van der Waals surface area (Å²) in [6.45, 7) is 8.30. The molecule has 0 saturated heterocycles. The molecule has 0 aliphatic rings. The molecule has 0 aromatic carbocycles. The number of nitrogens with one attached hydrogen (secondary N) is 1. The van der Waals surface area contributed by atoms with Gasteiger partial charge in [-0.2, -0.15) is 0 Å². The topological polar surface area (TPSA) is 41.0 Å². The third-order valence-electron chi connectivity index (χ3n) is 2.67. The lowest BCUT2D eigenvalue weighted by Gasteiger charge is -2.19. The maximum Gasteiger partial charge on any atom is 0.134 e. The fourth-order valence-electron chi connectivity index (χ4n) is 1.62. The largest absolute Gasteiger partial charge is 0.370 e. The molecule has 0 saturated carbocycles. The number of aryl methyl sites for hydroxylation is 1. The molecule has 0 unspecified atom stereocenters. The lowest BCUT2D eigenvalue weighted by molar-refractivity contribution is 0.754. The van der Waals surface area contributed by atoms with Crippen LogP contribution in [0.5, 0.6) is 0 Å². The van der Waals surface area contributed by atoms with Crippen LogP contribution in [0.2, 0.25) is 0 Å². The molecule has 0 amide bonds. The van der Waals surface area contributed by atoms with Gasteiger partial charge >= 0.3 is 0 Å². The summed E-state index contributed by atoms with van der Waals surface area (Å²) in [6, 6.07) is 2.03. The van der Waals surface area contributed by atoms with Crippen LogP contribution in [0.3, 0.4) is 0 Å². The van der Waals surface area contributed by atoms with Crippen LogP contribution in [-0.4, -0.2) is 30.1 Å². The van der Waals surface area contributed by atoms with E-state index in [2.05, 4.69) is 48.0 Å². The molecule has 1 heterocycles. The highest BCUT2D eigenvalue weighted by atomic mass is 15.2. The normalized spacial score (nSPS) is 10.4. The van der Waals surface area contributed by atoms with Crippen molar-refractivity contribution in [2.75, 3.05) is 30.4 Å². The molecule has 4 heteroatoms. The van der Waals surface area contributed by atoms with Crippen molar-refractivity contribution in [2.24, 2.45) is 0 Å². The summed E-state index contributed by atoms with van der Waals surface area (Å²) in [4.78, 5) is 11.2. The van der Waals surface area contributed by atoms with Crippen molar-refractivity contribution in [3.63, 3.8) is 0 Å². The van der Waals surface area contributed by atoms with E-state index in [1.807, 2.05) is 6.07 Å².